The molecule has 10 nitrogen and oxygen atoms in total. The first-order chi connectivity index (χ1) is 39.3. The molecule has 0 spiro atoms. The molecule has 458 valence electrons. The third kappa shape index (κ3) is 18.8. The molecule has 0 aliphatic carbocycles. The molecule has 0 bridgehead atoms. The van der Waals surface area contributed by atoms with E-state index < -0.39 is 0 Å². The minimum absolute atomic E-state index is 0. The Morgan fingerprint density at radius 1 is 0.174 bits per heavy atom. The summed E-state index contributed by atoms with van der Waals surface area (Å²) < 4.78 is 0. The standard InChI is InChI=1S/3C22H20N2.4CH4O.6ClH/c3*23-21(19-13-5-9-15-7-1-3-11-17(15)19)22(24)20-14-6-10-16-8-2-4-12-18(16)20;4*1-2;;;;;;/h3*1-14,21-22H,23-24H2;4*2H,1H3;6*1H/t3*21-,22-;;;;;;;;;;/m000........../s1. The Morgan fingerprint density at radius 3 is 0.407 bits per heavy atom. The summed E-state index contributed by atoms with van der Waals surface area (Å²) in [4.78, 5) is 0. The largest absolute Gasteiger partial charge is 1.00 e. The van der Waals surface area contributed by atoms with Crippen molar-refractivity contribution >= 4 is 64.6 Å². The maximum Gasteiger partial charge on any atom is 0.167 e. The summed E-state index contributed by atoms with van der Waals surface area (Å²) in [5.74, 6) is 0. The molecule has 0 saturated heterocycles. The van der Waals surface area contributed by atoms with Crippen molar-refractivity contribution in [2.75, 3.05) is 28.4 Å². The molecular formula is C70H82Cl6N6O4. The molecule has 0 amide bonds. The highest BCUT2D eigenvalue weighted by molar-refractivity contribution is 5.91. The summed E-state index contributed by atoms with van der Waals surface area (Å²) in [5.41, 5.74) is 34.5. The van der Waals surface area contributed by atoms with Crippen LogP contribution in [0.25, 0.3) is 64.6 Å². The van der Waals surface area contributed by atoms with Crippen LogP contribution in [0.4, 0.5) is 0 Å². The normalized spacial score (nSPS) is 11.9. The Bertz CT molecular complexity index is 3190. The number of aliphatic hydroxyl groups is 4. The quantitative estimate of drug-likeness (QED) is 0.0677. The van der Waals surface area contributed by atoms with Gasteiger partial charge in [-0.2, -0.15) is 0 Å². The van der Waals surface area contributed by atoms with Crippen molar-refractivity contribution in [1.29, 1.82) is 0 Å². The summed E-state index contributed by atoms with van der Waals surface area (Å²) in [6.45, 7) is 0. The summed E-state index contributed by atoms with van der Waals surface area (Å²) >= 11 is 0. The van der Waals surface area contributed by atoms with Gasteiger partial charge in [0.05, 0.1) is 0 Å². The lowest BCUT2D eigenvalue weighted by Gasteiger charge is -2.18. The molecule has 12 rings (SSSR count). The summed E-state index contributed by atoms with van der Waals surface area (Å²) in [5, 5.41) is 43.2. The summed E-state index contributed by atoms with van der Waals surface area (Å²) in [6.07, 6.45) is 0. The third-order valence-corrected chi connectivity index (χ3v) is 14.8. The fraction of sp³-hybridized carbons (Fsp3) is 0.143. The van der Waals surface area contributed by atoms with Crippen molar-refractivity contribution in [3.8, 4) is 0 Å². The van der Waals surface area contributed by atoms with Crippen molar-refractivity contribution < 1.29 is 129 Å². The van der Waals surface area contributed by atoms with Crippen LogP contribution in [0.15, 0.2) is 255 Å². The van der Waals surface area contributed by atoms with Gasteiger partial charge >= 0.3 is 0 Å². The van der Waals surface area contributed by atoms with Gasteiger partial charge in [-0.3, -0.25) is 0 Å². The lowest BCUT2D eigenvalue weighted by molar-refractivity contribution is -0.539. The molecule has 16 heteroatoms. The van der Waals surface area contributed by atoms with Crippen LogP contribution < -0.4 is 109 Å². The second-order valence-electron chi connectivity index (χ2n) is 19.0. The van der Waals surface area contributed by atoms with E-state index in [1.807, 2.05) is 0 Å². The van der Waals surface area contributed by atoms with Crippen LogP contribution in [0, 0.1) is 0 Å². The van der Waals surface area contributed by atoms with Gasteiger partial charge in [0.1, 0.15) is 0 Å². The van der Waals surface area contributed by atoms with Crippen LogP contribution in [0.2, 0.25) is 0 Å². The van der Waals surface area contributed by atoms with Gasteiger partial charge in [-0.05, 0) is 64.6 Å². The molecule has 12 aromatic carbocycles. The number of benzene rings is 12. The predicted octanol–water partition coefficient (Wildman–Crippen LogP) is -9.76. The van der Waals surface area contributed by atoms with E-state index in [0.717, 1.165) is 28.4 Å². The maximum atomic E-state index is 7.00. The minimum atomic E-state index is 0. The first kappa shape index (κ1) is 79.5. The van der Waals surface area contributed by atoms with E-state index in [9.17, 15) is 0 Å². The monoisotopic (exact) mass is 1280 g/mol. The summed E-state index contributed by atoms with van der Waals surface area (Å²) in [7, 11) is 4.00. The molecule has 0 radical (unpaired) electrons. The molecule has 0 aliphatic rings. The Morgan fingerprint density at radius 2 is 0.279 bits per heavy atom. The number of hydrogen-bond donors (Lipinski definition) is 10. The van der Waals surface area contributed by atoms with E-state index in [1.54, 1.807) is 0 Å². The van der Waals surface area contributed by atoms with Gasteiger partial charge in [0.25, 0.3) is 0 Å². The highest BCUT2D eigenvalue weighted by Crippen LogP contribution is 2.35. The van der Waals surface area contributed by atoms with Gasteiger partial charge in [0.15, 0.2) is 36.3 Å². The fourth-order valence-corrected chi connectivity index (χ4v) is 10.7. The van der Waals surface area contributed by atoms with Crippen LogP contribution in [0.5, 0.6) is 0 Å². The SMILES string of the molecule is CO.CO.CO.CO.[Cl-].[Cl-].[Cl-].[Cl-].[Cl-].[Cl-].[NH3+][C@@H](c1cccc2ccccc12)[C@@H]([NH3+])c1cccc2ccccc12.[NH3+][C@@H](c1cccc2ccccc12)[C@@H]([NH3+])c1cccc2ccccc12.[NH3+][C@@H](c1cccc2ccccc12)[C@@H]([NH3+])c1cccc2ccccc12. The lowest BCUT2D eigenvalue weighted by Crippen LogP contribution is -3.00. The van der Waals surface area contributed by atoms with E-state index >= 15 is 0 Å². The molecule has 0 unspecified atom stereocenters. The summed E-state index contributed by atoms with van der Waals surface area (Å²) in [6, 6.07) is 90.4. The van der Waals surface area contributed by atoms with Gasteiger partial charge in [-0.25, -0.2) is 0 Å². The van der Waals surface area contributed by atoms with Gasteiger partial charge in [0.2, 0.25) is 0 Å². The van der Waals surface area contributed by atoms with E-state index in [2.05, 4.69) is 289 Å². The van der Waals surface area contributed by atoms with E-state index in [1.165, 1.54) is 98.0 Å². The van der Waals surface area contributed by atoms with Crippen molar-refractivity contribution in [3.63, 3.8) is 0 Å². The molecule has 22 N–H and O–H groups in total. The molecule has 0 aliphatic heterocycles. The third-order valence-electron chi connectivity index (χ3n) is 14.8. The zero-order valence-corrected chi connectivity index (χ0v) is 53.5. The lowest BCUT2D eigenvalue weighted by atomic mass is 9.89. The molecular weight excluding hydrogens is 1200 g/mol. The zero-order chi connectivity index (χ0) is 57.6. The van der Waals surface area contributed by atoms with Crippen LogP contribution in [-0.2, 0) is 0 Å². The smallest absolute Gasteiger partial charge is 0.167 e. The van der Waals surface area contributed by atoms with Crippen molar-refractivity contribution in [2.24, 2.45) is 0 Å². The zero-order valence-electron chi connectivity index (χ0n) is 49.0. The number of halogens is 6. The first-order valence-electron chi connectivity index (χ1n) is 26.9. The topological polar surface area (TPSA) is 247 Å². The first-order valence-corrected chi connectivity index (χ1v) is 26.9. The van der Waals surface area contributed by atoms with E-state index in [0.29, 0.717) is 0 Å². The molecule has 12 aromatic rings. The van der Waals surface area contributed by atoms with Crippen LogP contribution >= 0.6 is 0 Å². The number of hydrogen-bond acceptors (Lipinski definition) is 4. The van der Waals surface area contributed by atoms with Gasteiger partial charge in [0, 0.05) is 61.8 Å². The number of aliphatic hydroxyl groups excluding tert-OH is 4. The van der Waals surface area contributed by atoms with Crippen molar-refractivity contribution in [2.45, 2.75) is 36.3 Å². The van der Waals surface area contributed by atoms with E-state index in [-0.39, 0.29) is 111 Å². The Kier molecular flexibility index (Phi) is 37.8. The fourth-order valence-electron chi connectivity index (χ4n) is 10.7. The van der Waals surface area contributed by atoms with Crippen molar-refractivity contribution in [1.82, 2.24) is 0 Å². The average Bonchev–Trinajstić information content (AvgIpc) is 1.89. The molecule has 0 aromatic heterocycles. The predicted molar refractivity (Wildman–Crippen MR) is 330 cm³/mol. The number of quaternary nitrogens is 6. The number of fused-ring (bicyclic) bond motifs is 6. The molecule has 0 heterocycles. The van der Waals surface area contributed by atoms with E-state index in [4.69, 9.17) is 20.4 Å². The second kappa shape index (κ2) is 40.8. The average molecular weight is 1280 g/mol. The molecule has 6 atom stereocenters. The number of rotatable bonds is 9. The van der Waals surface area contributed by atoms with Gasteiger partial charge in [-0.1, -0.05) is 255 Å². The minimum Gasteiger partial charge on any atom is -1.00 e. The molecule has 0 saturated carbocycles. The van der Waals surface area contributed by atoms with Crippen LogP contribution in [0.3, 0.4) is 0 Å². The van der Waals surface area contributed by atoms with Gasteiger partial charge in [-0.15, -0.1) is 0 Å². The second-order valence-corrected chi connectivity index (χ2v) is 19.0. The highest BCUT2D eigenvalue weighted by Gasteiger charge is 2.30. The van der Waals surface area contributed by atoms with Crippen LogP contribution in [0.1, 0.15) is 69.6 Å². The maximum absolute atomic E-state index is 7.00. The Balaban J connectivity index is 0.00000115. The molecule has 86 heavy (non-hydrogen) atoms. The Hall–Kier alpha value is -6.46. The molecule has 0 fully saturated rings. The van der Waals surface area contributed by atoms with Gasteiger partial charge < -0.3 is 129 Å². The van der Waals surface area contributed by atoms with Crippen LogP contribution in [-0.4, -0.2) is 48.9 Å². The highest BCUT2D eigenvalue weighted by atomic mass is 35.5. The Labute approximate surface area is 543 Å². The van der Waals surface area contributed by atoms with Crippen molar-refractivity contribution in [3.05, 3.63) is 288 Å².